The molecule has 0 aliphatic heterocycles. The summed E-state index contributed by atoms with van der Waals surface area (Å²) < 4.78 is 7.79. The Hall–Kier alpha value is -2.80. The quantitative estimate of drug-likeness (QED) is 0.617. The molecular formula is C20H21BrN4O2. The Labute approximate surface area is 166 Å². The van der Waals surface area contributed by atoms with Crippen molar-refractivity contribution in [2.24, 2.45) is 7.05 Å². The lowest BCUT2D eigenvalue weighted by molar-refractivity contribution is 0.252. The Morgan fingerprint density at radius 3 is 2.67 bits per heavy atom. The lowest BCUT2D eigenvalue weighted by Crippen LogP contribution is -2.30. The SMILES string of the molecule is COc1ccc(CCNC(=O)Nc2cccc(-c3nn(C)cc3Br)c2)cc1. The van der Waals surface area contributed by atoms with Gasteiger partial charge in [0.25, 0.3) is 0 Å². The number of carbonyl (C=O) groups is 1. The molecular weight excluding hydrogens is 408 g/mol. The summed E-state index contributed by atoms with van der Waals surface area (Å²) in [5.41, 5.74) is 3.62. The normalized spacial score (nSPS) is 10.5. The average Bonchev–Trinajstić information content (AvgIpc) is 3.01. The van der Waals surface area contributed by atoms with Gasteiger partial charge in [-0.2, -0.15) is 5.10 Å². The number of carbonyl (C=O) groups excluding carboxylic acids is 1. The van der Waals surface area contributed by atoms with Crippen LogP contribution in [0.5, 0.6) is 5.75 Å². The van der Waals surface area contributed by atoms with Crippen LogP contribution in [0, 0.1) is 0 Å². The molecule has 3 aromatic rings. The van der Waals surface area contributed by atoms with Gasteiger partial charge in [-0.3, -0.25) is 4.68 Å². The molecule has 27 heavy (non-hydrogen) atoms. The van der Waals surface area contributed by atoms with Crippen LogP contribution in [0.15, 0.2) is 59.2 Å². The summed E-state index contributed by atoms with van der Waals surface area (Å²) in [6, 6.07) is 15.2. The Morgan fingerprint density at radius 2 is 2.00 bits per heavy atom. The first kappa shape index (κ1) is 19.0. The Balaban J connectivity index is 1.54. The number of amides is 2. The Bertz CT molecular complexity index is 922. The second-order valence-corrected chi connectivity index (χ2v) is 6.91. The van der Waals surface area contributed by atoms with Crippen molar-refractivity contribution in [3.63, 3.8) is 0 Å². The highest BCUT2D eigenvalue weighted by atomic mass is 79.9. The topological polar surface area (TPSA) is 68.2 Å². The summed E-state index contributed by atoms with van der Waals surface area (Å²) in [5.74, 6) is 0.823. The number of aryl methyl sites for hydroxylation is 1. The minimum Gasteiger partial charge on any atom is -0.497 e. The van der Waals surface area contributed by atoms with E-state index in [1.165, 1.54) is 0 Å². The van der Waals surface area contributed by atoms with Gasteiger partial charge in [-0.05, 0) is 52.2 Å². The maximum Gasteiger partial charge on any atom is 0.319 e. The zero-order valence-electron chi connectivity index (χ0n) is 15.2. The van der Waals surface area contributed by atoms with E-state index in [2.05, 4.69) is 31.7 Å². The lowest BCUT2D eigenvalue weighted by Gasteiger charge is -2.09. The third-order valence-corrected chi connectivity index (χ3v) is 4.62. The molecule has 0 spiro atoms. The van der Waals surface area contributed by atoms with Crippen LogP contribution in [0.1, 0.15) is 5.56 Å². The number of rotatable bonds is 6. The van der Waals surface area contributed by atoms with Crippen LogP contribution in [0.4, 0.5) is 10.5 Å². The van der Waals surface area contributed by atoms with Gasteiger partial charge in [0.15, 0.2) is 0 Å². The van der Waals surface area contributed by atoms with Crippen molar-refractivity contribution in [3.8, 4) is 17.0 Å². The third-order valence-electron chi connectivity index (χ3n) is 4.04. The molecule has 0 unspecified atom stereocenters. The van der Waals surface area contributed by atoms with Gasteiger partial charge in [0.2, 0.25) is 0 Å². The van der Waals surface area contributed by atoms with Crippen molar-refractivity contribution in [2.75, 3.05) is 19.0 Å². The molecule has 0 aliphatic carbocycles. The van der Waals surface area contributed by atoms with E-state index in [0.29, 0.717) is 12.2 Å². The second-order valence-electron chi connectivity index (χ2n) is 6.06. The molecule has 1 heterocycles. The van der Waals surface area contributed by atoms with E-state index in [4.69, 9.17) is 4.74 Å². The van der Waals surface area contributed by atoms with Gasteiger partial charge in [0.05, 0.1) is 11.6 Å². The van der Waals surface area contributed by atoms with E-state index in [9.17, 15) is 4.79 Å². The number of ether oxygens (including phenoxy) is 1. The Kier molecular flexibility index (Phi) is 6.13. The van der Waals surface area contributed by atoms with Crippen LogP contribution in [0.3, 0.4) is 0 Å². The molecule has 0 bridgehead atoms. The molecule has 3 rings (SSSR count). The van der Waals surface area contributed by atoms with E-state index < -0.39 is 0 Å². The molecule has 0 aliphatic rings. The minimum absolute atomic E-state index is 0.235. The van der Waals surface area contributed by atoms with Crippen LogP contribution in [0.2, 0.25) is 0 Å². The van der Waals surface area contributed by atoms with Crippen molar-refractivity contribution in [2.45, 2.75) is 6.42 Å². The van der Waals surface area contributed by atoms with Gasteiger partial charge in [-0.1, -0.05) is 24.3 Å². The van der Waals surface area contributed by atoms with Crippen LogP contribution in [-0.4, -0.2) is 29.5 Å². The fourth-order valence-electron chi connectivity index (χ4n) is 2.69. The summed E-state index contributed by atoms with van der Waals surface area (Å²) >= 11 is 3.50. The highest BCUT2D eigenvalue weighted by molar-refractivity contribution is 9.10. The fourth-order valence-corrected chi connectivity index (χ4v) is 3.29. The molecule has 2 aromatic carbocycles. The number of halogens is 1. The highest BCUT2D eigenvalue weighted by Crippen LogP contribution is 2.28. The first-order chi connectivity index (χ1) is 13.0. The third kappa shape index (κ3) is 5.10. The first-order valence-corrected chi connectivity index (χ1v) is 9.32. The van der Waals surface area contributed by atoms with Crippen LogP contribution < -0.4 is 15.4 Å². The lowest BCUT2D eigenvalue weighted by atomic mass is 10.1. The maximum atomic E-state index is 12.2. The molecule has 0 atom stereocenters. The highest BCUT2D eigenvalue weighted by Gasteiger charge is 2.09. The predicted molar refractivity (Wildman–Crippen MR) is 110 cm³/mol. The molecule has 6 nitrogen and oxygen atoms in total. The number of benzene rings is 2. The first-order valence-electron chi connectivity index (χ1n) is 8.52. The largest absolute Gasteiger partial charge is 0.497 e. The van der Waals surface area contributed by atoms with Gasteiger partial charge in [0.1, 0.15) is 11.4 Å². The molecule has 0 saturated carbocycles. The molecule has 0 fully saturated rings. The van der Waals surface area contributed by atoms with Gasteiger partial charge in [0, 0.05) is 31.0 Å². The summed E-state index contributed by atoms with van der Waals surface area (Å²) in [7, 11) is 3.51. The number of hydrogen-bond acceptors (Lipinski definition) is 3. The molecule has 140 valence electrons. The predicted octanol–water partition coefficient (Wildman–Crippen LogP) is 4.22. The van der Waals surface area contributed by atoms with Crippen LogP contribution in [-0.2, 0) is 13.5 Å². The van der Waals surface area contributed by atoms with Gasteiger partial charge >= 0.3 is 6.03 Å². The van der Waals surface area contributed by atoms with Gasteiger partial charge < -0.3 is 15.4 Å². The van der Waals surface area contributed by atoms with Crippen LogP contribution in [0.25, 0.3) is 11.3 Å². The van der Waals surface area contributed by atoms with Crippen molar-refractivity contribution >= 4 is 27.6 Å². The number of methoxy groups -OCH3 is 1. The number of urea groups is 1. The fraction of sp³-hybridized carbons (Fsp3) is 0.200. The molecule has 2 N–H and O–H groups in total. The zero-order valence-corrected chi connectivity index (χ0v) is 16.8. The molecule has 1 aromatic heterocycles. The number of anilines is 1. The molecule has 7 heteroatoms. The minimum atomic E-state index is -0.235. The van der Waals surface area contributed by atoms with E-state index in [0.717, 1.165) is 33.5 Å². The average molecular weight is 429 g/mol. The number of nitrogens with one attached hydrogen (secondary N) is 2. The summed E-state index contributed by atoms with van der Waals surface area (Å²) in [4.78, 5) is 12.2. The number of hydrogen-bond donors (Lipinski definition) is 2. The van der Waals surface area contributed by atoms with E-state index in [1.54, 1.807) is 11.8 Å². The zero-order chi connectivity index (χ0) is 19.2. The van der Waals surface area contributed by atoms with Crippen LogP contribution >= 0.6 is 15.9 Å². The van der Waals surface area contributed by atoms with E-state index >= 15 is 0 Å². The molecule has 2 amide bonds. The summed E-state index contributed by atoms with van der Waals surface area (Å²) in [5, 5.41) is 10.2. The summed E-state index contributed by atoms with van der Waals surface area (Å²) in [6.07, 6.45) is 2.64. The maximum absolute atomic E-state index is 12.2. The second kappa shape index (κ2) is 8.73. The smallest absolute Gasteiger partial charge is 0.319 e. The van der Waals surface area contributed by atoms with E-state index in [1.807, 2.05) is 61.8 Å². The van der Waals surface area contributed by atoms with Gasteiger partial charge in [-0.25, -0.2) is 4.79 Å². The van der Waals surface area contributed by atoms with Crippen molar-refractivity contribution in [3.05, 3.63) is 64.8 Å². The molecule has 0 saturated heterocycles. The monoisotopic (exact) mass is 428 g/mol. The number of nitrogens with zero attached hydrogens (tertiary/aromatic N) is 2. The standard InChI is InChI=1S/C20H21BrN4O2/c1-25-13-18(21)19(24-25)15-4-3-5-16(12-15)23-20(26)22-11-10-14-6-8-17(27-2)9-7-14/h3-9,12-13H,10-11H2,1-2H3,(H2,22,23,26). The molecule has 0 radical (unpaired) electrons. The number of aromatic nitrogens is 2. The van der Waals surface area contributed by atoms with Crippen molar-refractivity contribution in [1.82, 2.24) is 15.1 Å². The van der Waals surface area contributed by atoms with Gasteiger partial charge in [-0.15, -0.1) is 0 Å². The van der Waals surface area contributed by atoms with E-state index in [-0.39, 0.29) is 6.03 Å². The van der Waals surface area contributed by atoms with Crippen molar-refractivity contribution < 1.29 is 9.53 Å². The Morgan fingerprint density at radius 1 is 1.22 bits per heavy atom. The van der Waals surface area contributed by atoms with Crippen molar-refractivity contribution in [1.29, 1.82) is 0 Å². The summed E-state index contributed by atoms with van der Waals surface area (Å²) in [6.45, 7) is 0.545.